The molecule has 0 unspecified atom stereocenters. The normalized spacial score (nSPS) is 20.5. The molecule has 10 rings (SSSR count). The van der Waals surface area contributed by atoms with Gasteiger partial charge in [-0.25, -0.2) is 9.59 Å². The fraction of sp³-hybridized carbons (Fsp3) is 0.480. The van der Waals surface area contributed by atoms with Crippen molar-refractivity contribution in [3.63, 3.8) is 0 Å². The molecular formula is C75H98Cl2N8O19Si2. The number of likely N-dealkylation sites (N-methyl/N-ethyl adjacent to an activating group) is 1. The molecule has 0 spiro atoms. The van der Waals surface area contributed by atoms with Gasteiger partial charge in [0.25, 0.3) is 0 Å². The lowest BCUT2D eigenvalue weighted by Gasteiger charge is -2.42. The van der Waals surface area contributed by atoms with Gasteiger partial charge in [0.05, 0.1) is 64.2 Å². The molecule has 106 heavy (non-hydrogen) atoms. The van der Waals surface area contributed by atoms with E-state index in [1.54, 1.807) is 32.9 Å². The summed E-state index contributed by atoms with van der Waals surface area (Å²) in [4.78, 5) is 139. The van der Waals surface area contributed by atoms with Crippen LogP contribution in [0.3, 0.4) is 0 Å². The minimum absolute atomic E-state index is 0.00458. The van der Waals surface area contributed by atoms with Crippen molar-refractivity contribution in [1.29, 1.82) is 0 Å². The number of benzene rings is 5. The Labute approximate surface area is 630 Å². The van der Waals surface area contributed by atoms with Crippen molar-refractivity contribution in [1.82, 2.24) is 36.8 Å². The van der Waals surface area contributed by atoms with E-state index in [9.17, 15) is 14.4 Å². The van der Waals surface area contributed by atoms with Crippen LogP contribution < -0.4 is 66.1 Å². The highest BCUT2D eigenvalue weighted by molar-refractivity contribution is 6.74. The summed E-state index contributed by atoms with van der Waals surface area (Å²) in [6.45, 7) is 28.1. The summed E-state index contributed by atoms with van der Waals surface area (Å²) >= 11 is 14.7. The van der Waals surface area contributed by atoms with Gasteiger partial charge in [-0.05, 0) is 146 Å². The number of hydrogen-bond acceptors (Lipinski definition) is 19. The van der Waals surface area contributed by atoms with Gasteiger partial charge in [-0.1, -0.05) is 96.8 Å². The second-order valence-electron chi connectivity index (χ2n) is 30.8. The maximum atomic E-state index is 16.4. The molecule has 11 bridgehead atoms. The number of ether oxygens (including phenoxy) is 8. The van der Waals surface area contributed by atoms with E-state index in [4.69, 9.17) is 75.7 Å². The second kappa shape index (κ2) is 32.5. The topological polar surface area (TPSA) is 347 Å². The highest BCUT2D eigenvalue weighted by Crippen LogP contribution is 2.51. The standard InChI is InChI=1S/C75H98Cl2N8O19Si2/c1-37(2)28-48(85(12)72(94)102-73(3,4)5)66(88)83-60-62(103-105(18,19)74(6,7)8)39-23-26-50(45(76)30-39)100-53-32-41-33-54(64(53)98-16)101-51-27-24-40(31-46(51)77)63(104-106(20,21)75(9,10)11)61-70(92)82-59(71(93)99-17)44-34-42(95-13)35-52(97-15)56(44)43-29-38(22-25-49(43)96-14)57(67(89)84-61)81-68(90)58(41)80-65(87)47(36-55(78)86)79-69(60)91/h22-27,29-35,37,47-48,57-63H,28,36H2,1-21H3,(H2,78,86)(H,79,91)(H,80,87)(H,81,90)(H,82,92)(H,83,88)(H,84,89)/t47-,48+,57+,58+,59-,60+,61-,62+,63+/m0/s1. The molecule has 9 atom stereocenters. The SMILES string of the molecule is COC(=O)[C@H]1NC(=O)[C@H]2NC(=O)[C@H](NC(=O)[C@@H]3NC(=O)[C@H](CC(N)=O)NC(=O)[C@H](NC(=O)[C@@H](CC(C)C)N(C)C(=O)OC(C)(C)C)[C@H](O[Si](C)(C)C(C)(C)C)c4ccc(c(Cl)c4)Oc4cc3cc(c4OC)Oc3ccc(cc3Cl)[C@H]2O[Si](C)(C)C(C)(C)C)c2ccc(OC)c(c2)-c2c(OC)cc(OC)cc21. The van der Waals surface area contributed by atoms with Gasteiger partial charge >= 0.3 is 12.1 Å². The van der Waals surface area contributed by atoms with Crippen molar-refractivity contribution in [2.75, 3.05) is 42.6 Å². The van der Waals surface area contributed by atoms with E-state index >= 15 is 28.8 Å². The van der Waals surface area contributed by atoms with Crippen LogP contribution in [0.15, 0.2) is 78.9 Å². The zero-order valence-electron chi connectivity index (χ0n) is 63.7. The van der Waals surface area contributed by atoms with Crippen molar-refractivity contribution in [3.8, 4) is 57.1 Å². The average molecular weight is 1540 g/mol. The minimum Gasteiger partial charge on any atom is -0.497 e. The number of hydrogen-bond donors (Lipinski definition) is 7. The van der Waals surface area contributed by atoms with Crippen LogP contribution in [-0.4, -0.2) is 147 Å². The Bertz CT molecular complexity index is 4230. The van der Waals surface area contributed by atoms with E-state index in [1.807, 2.05) is 81.6 Å². The van der Waals surface area contributed by atoms with Crippen molar-refractivity contribution in [2.45, 2.75) is 185 Å². The number of nitrogens with zero attached hydrogens (tertiary/aromatic N) is 1. The van der Waals surface area contributed by atoms with Crippen molar-refractivity contribution in [3.05, 3.63) is 117 Å². The van der Waals surface area contributed by atoms with E-state index in [1.165, 1.54) is 102 Å². The Balaban J connectivity index is 1.45. The number of carbonyl (C=O) groups is 9. The lowest BCUT2D eigenvalue weighted by molar-refractivity contribution is -0.146. The summed E-state index contributed by atoms with van der Waals surface area (Å²) in [7, 11) is 1.71. The quantitative estimate of drug-likeness (QED) is 0.0356. The Morgan fingerprint density at radius 1 is 0.594 bits per heavy atom. The van der Waals surface area contributed by atoms with Gasteiger partial charge in [-0.2, -0.15) is 0 Å². The predicted molar refractivity (Wildman–Crippen MR) is 401 cm³/mol. The third-order valence-corrected chi connectivity index (χ3v) is 29.0. The highest BCUT2D eigenvalue weighted by Gasteiger charge is 2.49. The van der Waals surface area contributed by atoms with Gasteiger partial charge in [-0.15, -0.1) is 0 Å². The Morgan fingerprint density at radius 2 is 1.12 bits per heavy atom. The summed E-state index contributed by atoms with van der Waals surface area (Å²) in [5.41, 5.74) is 5.64. The second-order valence-corrected chi connectivity index (χ2v) is 41.1. The number of primary amides is 1. The van der Waals surface area contributed by atoms with Crippen LogP contribution in [0.5, 0.6) is 46.0 Å². The van der Waals surface area contributed by atoms with E-state index in [2.05, 4.69) is 31.9 Å². The fourth-order valence-corrected chi connectivity index (χ4v) is 14.8. The fourth-order valence-electron chi connectivity index (χ4n) is 11.8. The molecule has 0 aromatic heterocycles. The first kappa shape index (κ1) is 82.5. The number of nitrogens with one attached hydrogen (secondary N) is 6. The molecule has 8 amide bonds. The largest absolute Gasteiger partial charge is 0.497 e. The Kier molecular flexibility index (Phi) is 25.3. The maximum absolute atomic E-state index is 16.4. The van der Waals surface area contributed by atoms with Gasteiger partial charge in [0.15, 0.2) is 34.2 Å². The lowest BCUT2D eigenvalue weighted by atomic mass is 9.89. The zero-order chi connectivity index (χ0) is 78.8. The molecule has 31 heteroatoms. The maximum Gasteiger partial charge on any atom is 0.410 e. The molecule has 574 valence electrons. The molecule has 0 saturated heterocycles. The molecule has 5 aliphatic heterocycles. The summed E-state index contributed by atoms with van der Waals surface area (Å²) in [6.07, 6.45) is -4.67. The van der Waals surface area contributed by atoms with Gasteiger partial charge in [0, 0.05) is 29.8 Å². The molecule has 0 aliphatic carbocycles. The number of amides is 8. The summed E-state index contributed by atoms with van der Waals surface area (Å²) in [5.74, 6) is -8.95. The lowest BCUT2D eigenvalue weighted by Crippen LogP contribution is -2.61. The third-order valence-electron chi connectivity index (χ3n) is 19.5. The first-order valence-electron chi connectivity index (χ1n) is 34.5. The molecule has 5 aliphatic rings. The van der Waals surface area contributed by atoms with Crippen LogP contribution in [0, 0.1) is 5.92 Å². The van der Waals surface area contributed by atoms with Crippen molar-refractivity contribution in [2.24, 2.45) is 11.7 Å². The minimum atomic E-state index is -3.13. The van der Waals surface area contributed by atoms with Crippen molar-refractivity contribution >= 4 is 93.2 Å². The van der Waals surface area contributed by atoms with E-state index in [-0.39, 0.29) is 107 Å². The number of carbonyl (C=O) groups excluding carboxylic acids is 9. The number of esters is 1. The number of fused-ring (bicyclic) bond motifs is 15. The first-order valence-corrected chi connectivity index (χ1v) is 41.0. The van der Waals surface area contributed by atoms with Gasteiger partial charge < -0.3 is 84.4 Å². The number of nitrogens with two attached hydrogens (primary N) is 1. The van der Waals surface area contributed by atoms with Gasteiger partial charge in [-0.3, -0.25) is 38.5 Å². The molecular weight excluding hydrogens is 1440 g/mol. The summed E-state index contributed by atoms with van der Waals surface area (Å²) in [5, 5.41) is 15.5. The highest BCUT2D eigenvalue weighted by atomic mass is 35.5. The molecule has 5 aromatic rings. The van der Waals surface area contributed by atoms with Gasteiger partial charge in [0.2, 0.25) is 47.1 Å². The molecule has 5 aromatic carbocycles. The number of rotatable bonds is 16. The van der Waals surface area contributed by atoms with Crippen LogP contribution in [0.4, 0.5) is 4.79 Å². The van der Waals surface area contributed by atoms with Crippen molar-refractivity contribution < 1.29 is 89.9 Å². The Morgan fingerprint density at radius 3 is 1.62 bits per heavy atom. The molecule has 0 fully saturated rings. The van der Waals surface area contributed by atoms with Crippen LogP contribution in [-0.2, 0) is 56.7 Å². The van der Waals surface area contributed by atoms with E-state index in [0.717, 1.165) is 12.0 Å². The van der Waals surface area contributed by atoms with Crippen LogP contribution in [0.2, 0.25) is 46.3 Å². The molecule has 27 nitrogen and oxygen atoms in total. The smallest absolute Gasteiger partial charge is 0.410 e. The van der Waals surface area contributed by atoms with Crippen LogP contribution >= 0.6 is 23.2 Å². The first-order chi connectivity index (χ1) is 49.4. The Hall–Kier alpha value is -9.14. The molecule has 5 heterocycles. The third kappa shape index (κ3) is 18.4. The molecule has 0 radical (unpaired) electrons. The average Bonchev–Trinajstić information content (AvgIpc) is 0.760. The zero-order valence-corrected chi connectivity index (χ0v) is 67.2. The predicted octanol–water partition coefficient (Wildman–Crippen LogP) is 11.4. The monoisotopic (exact) mass is 1540 g/mol. The van der Waals surface area contributed by atoms with Crippen LogP contribution in [0.25, 0.3) is 11.1 Å². The van der Waals surface area contributed by atoms with Crippen LogP contribution in [0.1, 0.15) is 147 Å². The summed E-state index contributed by atoms with van der Waals surface area (Å²) < 4.78 is 62.9. The van der Waals surface area contributed by atoms with E-state index in [0.29, 0.717) is 0 Å². The van der Waals surface area contributed by atoms with Gasteiger partial charge in [0.1, 0.15) is 70.6 Å². The molecule has 0 saturated carbocycles. The summed E-state index contributed by atoms with van der Waals surface area (Å²) in [6, 6.07) is 6.53. The molecule has 8 N–H and O–H groups in total. The number of halogens is 2. The van der Waals surface area contributed by atoms with E-state index < -0.39 is 147 Å². The number of methoxy groups -OCH3 is 5.